The van der Waals surface area contributed by atoms with E-state index in [0.29, 0.717) is 6.42 Å². The first kappa shape index (κ1) is 15.4. The molecule has 2 aliphatic rings. The smallest absolute Gasteiger partial charge is 0.227 e. The minimum atomic E-state index is -0.177. The standard InChI is InChI=1S/C18H20N4OS/c1-3-24-18-20-17-19-13-9-6-10-14(23)15(13)16(22(17)21-18)12-8-5-4-7-11(12)2/h4-5,7-8,16H,3,6,9-10H2,1-2H3,(H,19,20,21)/t16-/m1/s1. The second-order valence-corrected chi connectivity index (χ2v) is 7.38. The number of Topliss-reactive ketones (excluding diaryl/α,β-unsaturated/α-hetero) is 1. The van der Waals surface area contributed by atoms with Crippen LogP contribution >= 0.6 is 11.8 Å². The second kappa shape index (κ2) is 6.09. The van der Waals surface area contributed by atoms with E-state index in [9.17, 15) is 4.79 Å². The molecule has 2 heterocycles. The van der Waals surface area contributed by atoms with Crippen molar-refractivity contribution < 1.29 is 4.79 Å². The lowest BCUT2D eigenvalue weighted by Crippen LogP contribution is -2.31. The van der Waals surface area contributed by atoms with Gasteiger partial charge in [-0.2, -0.15) is 4.98 Å². The molecule has 0 unspecified atom stereocenters. The predicted octanol–water partition coefficient (Wildman–Crippen LogP) is 3.72. The Kier molecular flexibility index (Phi) is 3.92. The number of fused-ring (bicyclic) bond motifs is 1. The topological polar surface area (TPSA) is 59.8 Å². The molecule has 1 aromatic carbocycles. The van der Waals surface area contributed by atoms with Crippen molar-refractivity contribution >= 4 is 23.5 Å². The van der Waals surface area contributed by atoms with Gasteiger partial charge in [-0.15, -0.1) is 5.10 Å². The lowest BCUT2D eigenvalue weighted by atomic mass is 9.84. The molecule has 5 nitrogen and oxygen atoms in total. The summed E-state index contributed by atoms with van der Waals surface area (Å²) in [4.78, 5) is 17.3. The van der Waals surface area contributed by atoms with Gasteiger partial charge in [-0.05, 0) is 36.6 Å². The lowest BCUT2D eigenvalue weighted by molar-refractivity contribution is -0.116. The second-order valence-electron chi connectivity index (χ2n) is 6.15. The van der Waals surface area contributed by atoms with E-state index < -0.39 is 0 Å². The van der Waals surface area contributed by atoms with E-state index in [1.54, 1.807) is 11.8 Å². The van der Waals surface area contributed by atoms with E-state index in [1.807, 2.05) is 16.8 Å². The molecule has 0 saturated heterocycles. The van der Waals surface area contributed by atoms with Gasteiger partial charge < -0.3 is 5.32 Å². The van der Waals surface area contributed by atoms with Crippen molar-refractivity contribution in [3.63, 3.8) is 0 Å². The fourth-order valence-corrected chi connectivity index (χ4v) is 4.06. The average Bonchev–Trinajstić information content (AvgIpc) is 2.96. The summed E-state index contributed by atoms with van der Waals surface area (Å²) in [5.41, 5.74) is 4.18. The molecule has 0 saturated carbocycles. The predicted molar refractivity (Wildman–Crippen MR) is 95.2 cm³/mol. The van der Waals surface area contributed by atoms with Crippen molar-refractivity contribution in [1.29, 1.82) is 0 Å². The van der Waals surface area contributed by atoms with Gasteiger partial charge in [-0.3, -0.25) is 4.79 Å². The van der Waals surface area contributed by atoms with Gasteiger partial charge >= 0.3 is 0 Å². The molecule has 0 radical (unpaired) electrons. The molecule has 2 aromatic rings. The Labute approximate surface area is 145 Å². The van der Waals surface area contributed by atoms with Gasteiger partial charge in [0, 0.05) is 17.7 Å². The molecule has 0 bridgehead atoms. The van der Waals surface area contributed by atoms with E-state index in [2.05, 4.69) is 41.4 Å². The van der Waals surface area contributed by atoms with Crippen LogP contribution < -0.4 is 5.32 Å². The Bertz CT molecular complexity index is 839. The number of allylic oxidation sites excluding steroid dienone is 2. The first-order valence-electron chi connectivity index (χ1n) is 8.37. The van der Waals surface area contributed by atoms with Crippen LogP contribution in [0.25, 0.3) is 0 Å². The summed E-state index contributed by atoms with van der Waals surface area (Å²) in [7, 11) is 0. The fourth-order valence-electron chi connectivity index (χ4n) is 3.51. The van der Waals surface area contributed by atoms with Crippen LogP contribution in [0.1, 0.15) is 43.4 Å². The Hall–Kier alpha value is -2.08. The van der Waals surface area contributed by atoms with Gasteiger partial charge in [-0.1, -0.05) is 43.0 Å². The molecular formula is C18H20N4OS. The highest BCUT2D eigenvalue weighted by molar-refractivity contribution is 7.99. The zero-order valence-corrected chi connectivity index (χ0v) is 14.7. The Morgan fingerprint density at radius 3 is 2.96 bits per heavy atom. The van der Waals surface area contributed by atoms with E-state index in [0.717, 1.165) is 46.5 Å². The maximum absolute atomic E-state index is 12.7. The summed E-state index contributed by atoms with van der Waals surface area (Å²) in [5, 5.41) is 8.80. The van der Waals surface area contributed by atoms with Crippen LogP contribution in [0.4, 0.5) is 5.95 Å². The third-order valence-corrected chi connectivity index (χ3v) is 5.32. The molecule has 1 aliphatic carbocycles. The summed E-state index contributed by atoms with van der Waals surface area (Å²) in [6.07, 6.45) is 2.41. The minimum absolute atomic E-state index is 0.177. The summed E-state index contributed by atoms with van der Waals surface area (Å²) in [6, 6.07) is 8.05. The van der Waals surface area contributed by atoms with Crippen LogP contribution in [-0.4, -0.2) is 26.3 Å². The first-order valence-corrected chi connectivity index (χ1v) is 9.35. The van der Waals surface area contributed by atoms with Crippen molar-refractivity contribution in [2.75, 3.05) is 11.1 Å². The van der Waals surface area contributed by atoms with Crippen LogP contribution in [0.2, 0.25) is 0 Å². The number of aryl methyl sites for hydroxylation is 1. The quantitative estimate of drug-likeness (QED) is 0.863. The number of nitrogens with one attached hydrogen (secondary N) is 1. The monoisotopic (exact) mass is 340 g/mol. The van der Waals surface area contributed by atoms with Crippen molar-refractivity contribution in [1.82, 2.24) is 14.8 Å². The molecular weight excluding hydrogens is 320 g/mol. The number of hydrogen-bond donors (Lipinski definition) is 1. The highest BCUT2D eigenvalue weighted by Gasteiger charge is 2.37. The van der Waals surface area contributed by atoms with E-state index in [-0.39, 0.29) is 11.8 Å². The summed E-state index contributed by atoms with van der Waals surface area (Å²) in [5.74, 6) is 1.89. The van der Waals surface area contributed by atoms with Crippen LogP contribution in [-0.2, 0) is 4.79 Å². The minimum Gasteiger partial charge on any atom is -0.328 e. The van der Waals surface area contributed by atoms with E-state index in [1.165, 1.54) is 5.56 Å². The summed E-state index contributed by atoms with van der Waals surface area (Å²) < 4.78 is 1.89. The van der Waals surface area contributed by atoms with Crippen LogP contribution in [0.5, 0.6) is 0 Å². The SMILES string of the molecule is CCSc1nc2n(n1)[C@H](c1ccccc1C)C1=C(CCCC1=O)N2. The van der Waals surface area contributed by atoms with Crippen molar-refractivity contribution in [2.24, 2.45) is 0 Å². The zero-order valence-electron chi connectivity index (χ0n) is 13.9. The third-order valence-electron chi connectivity index (χ3n) is 4.61. The first-order chi connectivity index (χ1) is 11.7. The molecule has 1 N–H and O–H groups in total. The third kappa shape index (κ3) is 2.45. The Balaban J connectivity index is 1.91. The van der Waals surface area contributed by atoms with Gasteiger partial charge in [0.05, 0.1) is 0 Å². The van der Waals surface area contributed by atoms with Crippen LogP contribution in [0.15, 0.2) is 40.7 Å². The molecule has 124 valence electrons. The number of nitrogens with zero attached hydrogens (tertiary/aromatic N) is 3. The number of rotatable bonds is 3. The molecule has 24 heavy (non-hydrogen) atoms. The van der Waals surface area contributed by atoms with E-state index >= 15 is 0 Å². The molecule has 0 spiro atoms. The van der Waals surface area contributed by atoms with Gasteiger partial charge in [0.15, 0.2) is 5.78 Å². The summed E-state index contributed by atoms with van der Waals surface area (Å²) in [6.45, 7) is 4.17. The van der Waals surface area contributed by atoms with Crippen molar-refractivity contribution in [2.45, 2.75) is 44.3 Å². The van der Waals surface area contributed by atoms with Gasteiger partial charge in [0.25, 0.3) is 0 Å². The number of aromatic nitrogens is 3. The molecule has 0 fully saturated rings. The van der Waals surface area contributed by atoms with Crippen LogP contribution in [0, 0.1) is 6.92 Å². The van der Waals surface area contributed by atoms with Gasteiger partial charge in [0.2, 0.25) is 11.1 Å². The van der Waals surface area contributed by atoms with Gasteiger partial charge in [0.1, 0.15) is 6.04 Å². The number of hydrogen-bond acceptors (Lipinski definition) is 5. The molecule has 4 rings (SSSR count). The fraction of sp³-hybridized carbons (Fsp3) is 0.389. The van der Waals surface area contributed by atoms with Crippen molar-refractivity contribution in [3.8, 4) is 0 Å². The van der Waals surface area contributed by atoms with E-state index in [4.69, 9.17) is 0 Å². The highest BCUT2D eigenvalue weighted by atomic mass is 32.2. The maximum Gasteiger partial charge on any atom is 0.227 e. The molecule has 1 aliphatic heterocycles. The molecule has 0 amide bonds. The lowest BCUT2D eigenvalue weighted by Gasteiger charge is -2.32. The number of carbonyl (C=O) groups is 1. The number of anilines is 1. The number of benzene rings is 1. The number of ketones is 1. The summed E-state index contributed by atoms with van der Waals surface area (Å²) >= 11 is 1.62. The number of thioether (sulfide) groups is 1. The molecule has 1 atom stereocenters. The largest absolute Gasteiger partial charge is 0.328 e. The van der Waals surface area contributed by atoms with Crippen molar-refractivity contribution in [3.05, 3.63) is 46.7 Å². The molecule has 1 aromatic heterocycles. The van der Waals surface area contributed by atoms with Crippen LogP contribution in [0.3, 0.4) is 0 Å². The Morgan fingerprint density at radius 2 is 2.17 bits per heavy atom. The highest BCUT2D eigenvalue weighted by Crippen LogP contribution is 2.41. The normalized spacial score (nSPS) is 19.8. The average molecular weight is 340 g/mol. The molecule has 6 heteroatoms. The number of carbonyl (C=O) groups excluding carboxylic acids is 1. The van der Waals surface area contributed by atoms with Gasteiger partial charge in [-0.25, -0.2) is 4.68 Å². The zero-order chi connectivity index (χ0) is 16.7. The Morgan fingerprint density at radius 1 is 1.33 bits per heavy atom. The maximum atomic E-state index is 12.7.